The second-order valence-corrected chi connectivity index (χ2v) is 11.5. The van der Waals surface area contributed by atoms with Gasteiger partial charge in [0.1, 0.15) is 22.9 Å². The number of thiazole rings is 1. The molecule has 0 radical (unpaired) electrons. The van der Waals surface area contributed by atoms with Crippen molar-refractivity contribution in [2.75, 3.05) is 72.5 Å². The number of methoxy groups -OCH3 is 2. The van der Waals surface area contributed by atoms with Gasteiger partial charge in [0, 0.05) is 63.0 Å². The van der Waals surface area contributed by atoms with Crippen LogP contribution in [0.2, 0.25) is 0 Å². The average Bonchev–Trinajstić information content (AvgIpc) is 3.47. The normalized spacial score (nSPS) is 14.4. The lowest BCUT2D eigenvalue weighted by molar-refractivity contribution is 0.145. The maximum Gasteiger partial charge on any atom is 0.163 e. The summed E-state index contributed by atoms with van der Waals surface area (Å²) < 4.78 is 18.9. The van der Waals surface area contributed by atoms with Crippen LogP contribution in [-0.2, 0) is 0 Å². The highest BCUT2D eigenvalue weighted by atomic mass is 32.1. The van der Waals surface area contributed by atoms with E-state index in [1.165, 1.54) is 0 Å². The Labute approximate surface area is 250 Å². The average molecular weight is 585 g/mol. The van der Waals surface area contributed by atoms with Crippen LogP contribution in [0.3, 0.4) is 0 Å². The number of likely N-dealkylation sites (N-methyl/N-ethyl adjacent to an activating group) is 1. The molecular weight excluding hydrogens is 548 g/mol. The molecule has 1 fully saturated rings. The molecular formula is C32H36N6O3S. The van der Waals surface area contributed by atoms with Crippen LogP contribution in [-0.4, -0.2) is 92.4 Å². The number of rotatable bonds is 10. The Kier molecular flexibility index (Phi) is 8.36. The molecule has 1 aliphatic rings. The summed E-state index contributed by atoms with van der Waals surface area (Å²) in [6.07, 6.45) is 2.54. The molecule has 3 aromatic carbocycles. The minimum absolute atomic E-state index is 0.618. The highest BCUT2D eigenvalue weighted by Crippen LogP contribution is 2.40. The van der Waals surface area contributed by atoms with Gasteiger partial charge in [0.2, 0.25) is 0 Å². The van der Waals surface area contributed by atoms with Gasteiger partial charge in [-0.3, -0.25) is 0 Å². The molecule has 42 heavy (non-hydrogen) atoms. The highest BCUT2D eigenvalue weighted by Gasteiger charge is 2.18. The Morgan fingerprint density at radius 3 is 2.48 bits per heavy atom. The maximum atomic E-state index is 6.18. The number of hydrogen-bond acceptors (Lipinski definition) is 10. The number of ether oxygens (including phenoxy) is 3. The van der Waals surface area contributed by atoms with E-state index in [-0.39, 0.29) is 0 Å². The summed E-state index contributed by atoms with van der Waals surface area (Å²) in [5, 5.41) is 1.80. The standard InChI is InChI=1S/C32H36N6O3S/c1-36-13-15-38(16-14-36)12-7-17-41-29-20-26-24(19-28(29)40-4)31(34-21-33-26)37(2)22-10-11-23(27(18-22)39-3)32-35-25-8-5-6-9-30(25)42-32/h5-6,8-11,18-21H,7,12-17H2,1-4H3. The summed E-state index contributed by atoms with van der Waals surface area (Å²) in [5.74, 6) is 2.86. The van der Waals surface area contributed by atoms with Crippen LogP contribution < -0.4 is 19.1 Å². The quantitative estimate of drug-likeness (QED) is 0.192. The Morgan fingerprint density at radius 2 is 1.69 bits per heavy atom. The lowest BCUT2D eigenvalue weighted by Gasteiger charge is -2.32. The van der Waals surface area contributed by atoms with Crippen LogP contribution in [0.25, 0.3) is 31.7 Å². The predicted octanol–water partition coefficient (Wildman–Crippen LogP) is 5.71. The molecule has 0 saturated carbocycles. The van der Waals surface area contributed by atoms with Crippen molar-refractivity contribution in [3.05, 3.63) is 60.9 Å². The zero-order valence-corrected chi connectivity index (χ0v) is 25.4. The number of aromatic nitrogens is 3. The topological polar surface area (TPSA) is 76.1 Å². The smallest absolute Gasteiger partial charge is 0.163 e. The van der Waals surface area contributed by atoms with Gasteiger partial charge >= 0.3 is 0 Å². The lowest BCUT2D eigenvalue weighted by atomic mass is 10.1. The molecule has 0 amide bonds. The van der Waals surface area contributed by atoms with Crippen molar-refractivity contribution < 1.29 is 14.2 Å². The van der Waals surface area contributed by atoms with Gasteiger partial charge in [-0.15, -0.1) is 11.3 Å². The highest BCUT2D eigenvalue weighted by molar-refractivity contribution is 7.21. The molecule has 6 rings (SSSR count). The van der Waals surface area contributed by atoms with E-state index in [2.05, 4.69) is 45.0 Å². The molecule has 10 heteroatoms. The summed E-state index contributed by atoms with van der Waals surface area (Å²) in [6.45, 7) is 6.11. The van der Waals surface area contributed by atoms with Gasteiger partial charge in [0.15, 0.2) is 11.5 Å². The molecule has 218 valence electrons. The first-order valence-electron chi connectivity index (χ1n) is 14.2. The Bertz CT molecular complexity index is 1650. The fourth-order valence-electron chi connectivity index (χ4n) is 5.31. The fraction of sp³-hybridized carbons (Fsp3) is 0.344. The van der Waals surface area contributed by atoms with Gasteiger partial charge in [-0.1, -0.05) is 12.1 Å². The van der Waals surface area contributed by atoms with Crippen molar-refractivity contribution in [1.29, 1.82) is 0 Å². The van der Waals surface area contributed by atoms with E-state index in [9.17, 15) is 0 Å². The molecule has 2 aromatic heterocycles. The van der Waals surface area contributed by atoms with Gasteiger partial charge in [-0.25, -0.2) is 15.0 Å². The van der Waals surface area contributed by atoms with Gasteiger partial charge in [0.05, 0.1) is 42.1 Å². The van der Waals surface area contributed by atoms with Crippen LogP contribution >= 0.6 is 11.3 Å². The number of piperazine rings is 1. The van der Waals surface area contributed by atoms with Crippen LogP contribution in [0, 0.1) is 0 Å². The van der Waals surface area contributed by atoms with E-state index >= 15 is 0 Å². The number of hydrogen-bond donors (Lipinski definition) is 0. The number of fused-ring (bicyclic) bond motifs is 2. The van der Waals surface area contributed by atoms with Crippen LogP contribution in [0.5, 0.6) is 17.2 Å². The Hall–Kier alpha value is -3.99. The lowest BCUT2D eigenvalue weighted by Crippen LogP contribution is -2.44. The molecule has 5 aromatic rings. The van der Waals surface area contributed by atoms with Gasteiger partial charge in [-0.2, -0.15) is 0 Å². The van der Waals surface area contributed by atoms with Crippen LogP contribution in [0.1, 0.15) is 6.42 Å². The van der Waals surface area contributed by atoms with Crippen LogP contribution in [0.4, 0.5) is 11.5 Å². The van der Waals surface area contributed by atoms with Crippen molar-refractivity contribution in [3.8, 4) is 27.8 Å². The fourth-order valence-corrected chi connectivity index (χ4v) is 6.30. The third kappa shape index (κ3) is 5.83. The molecule has 0 N–H and O–H groups in total. The first-order chi connectivity index (χ1) is 20.5. The van der Waals surface area contributed by atoms with Crippen molar-refractivity contribution in [2.45, 2.75) is 6.42 Å². The minimum atomic E-state index is 0.618. The first-order valence-corrected chi connectivity index (χ1v) is 15.0. The molecule has 9 nitrogen and oxygen atoms in total. The zero-order chi connectivity index (χ0) is 29.1. The molecule has 1 saturated heterocycles. The number of anilines is 2. The molecule has 0 aliphatic carbocycles. The van der Waals surface area contributed by atoms with Crippen molar-refractivity contribution in [3.63, 3.8) is 0 Å². The van der Waals surface area contributed by atoms with Gasteiger partial charge in [0.25, 0.3) is 0 Å². The zero-order valence-electron chi connectivity index (χ0n) is 24.5. The summed E-state index contributed by atoms with van der Waals surface area (Å²) in [5.41, 5.74) is 3.67. The molecule has 0 unspecified atom stereocenters. The second-order valence-electron chi connectivity index (χ2n) is 10.5. The first kappa shape index (κ1) is 28.1. The van der Waals surface area contributed by atoms with E-state index in [0.717, 1.165) is 88.1 Å². The molecule has 3 heterocycles. The Balaban J connectivity index is 1.22. The SMILES string of the molecule is COc1cc2c(N(C)c3ccc(-c4nc5ccccc5s4)c(OC)c3)ncnc2cc1OCCCN1CCN(C)CC1. The maximum absolute atomic E-state index is 6.18. The minimum Gasteiger partial charge on any atom is -0.496 e. The molecule has 0 bridgehead atoms. The summed E-state index contributed by atoms with van der Waals surface area (Å²) in [6, 6.07) is 18.2. The number of benzene rings is 3. The van der Waals surface area contributed by atoms with E-state index in [0.29, 0.717) is 18.1 Å². The summed E-state index contributed by atoms with van der Waals surface area (Å²) >= 11 is 1.66. The predicted molar refractivity (Wildman–Crippen MR) is 170 cm³/mol. The molecule has 0 atom stereocenters. The number of nitrogens with zero attached hydrogens (tertiary/aromatic N) is 6. The summed E-state index contributed by atoms with van der Waals surface area (Å²) in [4.78, 5) is 20.9. The van der Waals surface area contributed by atoms with Crippen molar-refractivity contribution in [2.24, 2.45) is 0 Å². The van der Waals surface area contributed by atoms with E-state index < -0.39 is 0 Å². The van der Waals surface area contributed by atoms with Crippen molar-refractivity contribution in [1.82, 2.24) is 24.8 Å². The molecule has 0 spiro atoms. The van der Waals surface area contributed by atoms with Gasteiger partial charge < -0.3 is 28.9 Å². The second kappa shape index (κ2) is 12.5. The summed E-state index contributed by atoms with van der Waals surface area (Å²) in [7, 11) is 7.52. The Morgan fingerprint density at radius 1 is 0.881 bits per heavy atom. The van der Waals surface area contributed by atoms with E-state index in [1.807, 2.05) is 48.3 Å². The molecule has 1 aliphatic heterocycles. The van der Waals surface area contributed by atoms with Crippen molar-refractivity contribution >= 4 is 44.0 Å². The largest absolute Gasteiger partial charge is 0.496 e. The van der Waals surface area contributed by atoms with E-state index in [1.54, 1.807) is 31.9 Å². The van der Waals surface area contributed by atoms with Crippen LogP contribution in [0.15, 0.2) is 60.9 Å². The van der Waals surface area contributed by atoms with E-state index in [4.69, 9.17) is 19.2 Å². The number of para-hydroxylation sites is 1. The van der Waals surface area contributed by atoms with Gasteiger partial charge in [-0.05, 0) is 43.8 Å². The monoisotopic (exact) mass is 584 g/mol. The third-order valence-electron chi connectivity index (χ3n) is 7.79. The third-order valence-corrected chi connectivity index (χ3v) is 8.86.